The van der Waals surface area contributed by atoms with Gasteiger partial charge in [0.15, 0.2) is 5.43 Å². The first-order valence-electron chi connectivity index (χ1n) is 10.7. The van der Waals surface area contributed by atoms with E-state index in [0.717, 1.165) is 16.5 Å². The van der Waals surface area contributed by atoms with Crippen molar-refractivity contribution in [3.63, 3.8) is 0 Å². The molecule has 34 heavy (non-hydrogen) atoms. The first kappa shape index (κ1) is 20.0. The summed E-state index contributed by atoms with van der Waals surface area (Å²) in [5, 5.41) is 21.1. The van der Waals surface area contributed by atoms with E-state index in [0.29, 0.717) is 11.1 Å². The number of pyridine rings is 1. The fourth-order valence-corrected chi connectivity index (χ4v) is 4.52. The lowest BCUT2D eigenvalue weighted by atomic mass is 9.84. The van der Waals surface area contributed by atoms with Crippen LogP contribution in [0.3, 0.4) is 0 Å². The maximum absolute atomic E-state index is 13.0. The van der Waals surface area contributed by atoms with Crippen molar-refractivity contribution in [2.24, 2.45) is 0 Å². The molecule has 0 aliphatic carbocycles. The van der Waals surface area contributed by atoms with Crippen LogP contribution in [0.4, 0.5) is 0 Å². The van der Waals surface area contributed by atoms with Crippen LogP contribution in [0.25, 0.3) is 33.2 Å². The summed E-state index contributed by atoms with van der Waals surface area (Å²) in [6.07, 6.45) is 1.76. The Morgan fingerprint density at radius 1 is 0.941 bits per heavy atom. The molecule has 7 heteroatoms. The maximum atomic E-state index is 13.0. The predicted molar refractivity (Wildman–Crippen MR) is 125 cm³/mol. The summed E-state index contributed by atoms with van der Waals surface area (Å²) in [5.41, 5.74) is 2.49. The van der Waals surface area contributed by atoms with Gasteiger partial charge in [-0.2, -0.15) is 0 Å². The van der Waals surface area contributed by atoms with Gasteiger partial charge in [0.05, 0.1) is 11.9 Å². The molecule has 0 radical (unpaired) electrons. The van der Waals surface area contributed by atoms with E-state index in [9.17, 15) is 19.8 Å². The van der Waals surface area contributed by atoms with Crippen molar-refractivity contribution in [3.8, 4) is 28.6 Å². The van der Waals surface area contributed by atoms with Crippen LogP contribution in [-0.2, 0) is 4.79 Å². The molecule has 0 amide bonds. The second-order valence-corrected chi connectivity index (χ2v) is 8.22. The molecule has 1 atom stereocenters. The lowest BCUT2D eigenvalue weighted by Crippen LogP contribution is -2.22. The molecule has 0 saturated heterocycles. The van der Waals surface area contributed by atoms with Crippen LogP contribution in [0.2, 0.25) is 0 Å². The minimum absolute atomic E-state index is 0.0201. The van der Waals surface area contributed by atoms with Gasteiger partial charge in [-0.15, -0.1) is 0 Å². The van der Waals surface area contributed by atoms with Crippen molar-refractivity contribution >= 4 is 27.8 Å². The van der Waals surface area contributed by atoms with E-state index < -0.39 is 17.3 Å². The van der Waals surface area contributed by atoms with Crippen molar-refractivity contribution in [2.45, 2.75) is 12.3 Å². The summed E-state index contributed by atoms with van der Waals surface area (Å²) < 4.78 is 11.6. The number of nitrogens with zero attached hydrogens (tertiary/aromatic N) is 1. The van der Waals surface area contributed by atoms with E-state index in [1.54, 1.807) is 18.3 Å². The number of phenols is 2. The third kappa shape index (κ3) is 3.17. The average Bonchev–Trinajstić information content (AvgIpc) is 2.83. The molecule has 6 rings (SSSR count). The largest absolute Gasteiger partial charge is 0.508 e. The molecular weight excluding hydrogens is 434 g/mol. The van der Waals surface area contributed by atoms with Crippen LogP contribution in [0, 0.1) is 0 Å². The fraction of sp³-hybridized carbons (Fsp3) is 0.0741. The van der Waals surface area contributed by atoms with Gasteiger partial charge < -0.3 is 19.4 Å². The Morgan fingerprint density at radius 3 is 2.59 bits per heavy atom. The molecule has 5 aromatic rings. The van der Waals surface area contributed by atoms with Crippen LogP contribution < -0.4 is 10.2 Å². The second-order valence-electron chi connectivity index (χ2n) is 8.22. The number of carbonyl (C=O) groups excluding carboxylic acids is 1. The molecule has 0 bridgehead atoms. The van der Waals surface area contributed by atoms with Gasteiger partial charge in [0, 0.05) is 40.8 Å². The number of fused-ring (bicyclic) bond motifs is 4. The smallest absolute Gasteiger partial charge is 0.312 e. The number of carbonyl (C=O) groups is 1. The fourth-order valence-electron chi connectivity index (χ4n) is 4.52. The molecule has 3 heterocycles. The van der Waals surface area contributed by atoms with Gasteiger partial charge in [0.25, 0.3) is 0 Å². The summed E-state index contributed by atoms with van der Waals surface area (Å²) in [5.74, 6) is -0.718. The van der Waals surface area contributed by atoms with Crippen LogP contribution >= 0.6 is 0 Å². The van der Waals surface area contributed by atoms with Gasteiger partial charge in [-0.05, 0) is 48.0 Å². The van der Waals surface area contributed by atoms with Gasteiger partial charge in [-0.25, -0.2) is 0 Å². The quantitative estimate of drug-likeness (QED) is 0.291. The maximum Gasteiger partial charge on any atom is 0.312 e. The number of ether oxygens (including phenoxy) is 1. The Kier molecular flexibility index (Phi) is 4.38. The predicted octanol–water partition coefficient (Wildman–Crippen LogP) is 4.86. The Balaban J connectivity index is 1.63. The zero-order chi connectivity index (χ0) is 23.4. The lowest BCUT2D eigenvalue weighted by molar-refractivity contribution is -0.135. The van der Waals surface area contributed by atoms with Crippen molar-refractivity contribution in [3.05, 3.63) is 94.3 Å². The molecule has 3 aromatic carbocycles. The number of phenolic OH excluding ortho intramolecular Hbond substituents is 2. The highest BCUT2D eigenvalue weighted by Gasteiger charge is 2.33. The summed E-state index contributed by atoms with van der Waals surface area (Å²) in [4.78, 5) is 29.9. The minimum atomic E-state index is -0.456. The molecule has 1 aliphatic heterocycles. The third-order valence-electron chi connectivity index (χ3n) is 6.11. The molecule has 7 nitrogen and oxygen atoms in total. The van der Waals surface area contributed by atoms with Gasteiger partial charge in [0.1, 0.15) is 34.0 Å². The molecule has 2 aromatic heterocycles. The van der Waals surface area contributed by atoms with Crippen LogP contribution in [0.1, 0.15) is 23.5 Å². The standard InChI is InChI=1S/C27H17NO6/c29-17-6-3-14(4-7-17)22-12-20(30)26-21(31)13-23-25(27(26)34-22)18(11-24(32)33-23)15-5-8-19-16(10-15)2-1-9-28-19/h1-10,12-13,18,29,31H,11H2. The number of benzene rings is 3. The van der Waals surface area contributed by atoms with E-state index in [4.69, 9.17) is 9.15 Å². The van der Waals surface area contributed by atoms with Crippen LogP contribution in [-0.4, -0.2) is 21.2 Å². The first-order valence-corrected chi connectivity index (χ1v) is 10.7. The molecule has 1 aliphatic rings. The number of hydrogen-bond donors (Lipinski definition) is 2. The average molecular weight is 451 g/mol. The summed E-state index contributed by atoms with van der Waals surface area (Å²) >= 11 is 0. The lowest BCUT2D eigenvalue weighted by Gasteiger charge is -2.26. The highest BCUT2D eigenvalue weighted by Crippen LogP contribution is 2.46. The SMILES string of the molecule is O=C1CC(c2ccc3ncccc3c2)c2c(cc(O)c3c(=O)cc(-c4ccc(O)cc4)oc23)O1. The van der Waals surface area contributed by atoms with Gasteiger partial charge >= 0.3 is 5.97 Å². The molecule has 0 fully saturated rings. The molecule has 0 saturated carbocycles. The topological polar surface area (TPSA) is 110 Å². The Bertz CT molecular complexity index is 1670. The highest BCUT2D eigenvalue weighted by atomic mass is 16.5. The zero-order valence-corrected chi connectivity index (χ0v) is 17.7. The normalized spacial score (nSPS) is 15.3. The van der Waals surface area contributed by atoms with Crippen LogP contribution in [0.5, 0.6) is 17.2 Å². The molecule has 2 N–H and O–H groups in total. The molecule has 0 spiro atoms. The Hall–Kier alpha value is -4.65. The number of rotatable bonds is 2. The van der Waals surface area contributed by atoms with Crippen molar-refractivity contribution in [1.29, 1.82) is 0 Å². The molecule has 1 unspecified atom stereocenters. The summed E-state index contributed by atoms with van der Waals surface area (Å²) in [6.45, 7) is 0. The van der Waals surface area contributed by atoms with Crippen molar-refractivity contribution in [2.75, 3.05) is 0 Å². The van der Waals surface area contributed by atoms with Gasteiger partial charge in [0.2, 0.25) is 0 Å². The number of aromatic nitrogens is 1. The summed E-state index contributed by atoms with van der Waals surface area (Å²) in [6, 6.07) is 18.3. The van der Waals surface area contributed by atoms with Crippen molar-refractivity contribution in [1.82, 2.24) is 4.98 Å². The summed E-state index contributed by atoms with van der Waals surface area (Å²) in [7, 11) is 0. The van der Waals surface area contributed by atoms with E-state index >= 15 is 0 Å². The molecular formula is C27H17NO6. The first-order chi connectivity index (χ1) is 16.5. The number of aromatic hydroxyl groups is 2. The monoisotopic (exact) mass is 451 g/mol. The Labute approximate surface area is 192 Å². The molecule has 166 valence electrons. The third-order valence-corrected chi connectivity index (χ3v) is 6.11. The van der Waals surface area contributed by atoms with Gasteiger partial charge in [-0.1, -0.05) is 12.1 Å². The van der Waals surface area contributed by atoms with Crippen molar-refractivity contribution < 1.29 is 24.2 Å². The van der Waals surface area contributed by atoms with E-state index in [1.165, 1.54) is 24.3 Å². The highest BCUT2D eigenvalue weighted by molar-refractivity contribution is 5.93. The van der Waals surface area contributed by atoms with E-state index in [2.05, 4.69) is 4.98 Å². The van der Waals surface area contributed by atoms with Gasteiger partial charge in [-0.3, -0.25) is 14.6 Å². The van der Waals surface area contributed by atoms with E-state index in [1.807, 2.05) is 30.3 Å². The van der Waals surface area contributed by atoms with Crippen LogP contribution in [0.15, 0.2) is 82.1 Å². The Morgan fingerprint density at radius 2 is 1.76 bits per heavy atom. The number of hydrogen-bond acceptors (Lipinski definition) is 7. The van der Waals surface area contributed by atoms with E-state index in [-0.39, 0.29) is 40.4 Å². The second kappa shape index (κ2) is 7.45. The minimum Gasteiger partial charge on any atom is -0.508 e. The number of esters is 1. The zero-order valence-electron chi connectivity index (χ0n) is 17.7.